The van der Waals surface area contributed by atoms with Crippen molar-refractivity contribution in [1.82, 2.24) is 0 Å². The van der Waals surface area contributed by atoms with E-state index >= 15 is 0 Å². The second-order valence-corrected chi connectivity index (χ2v) is 0.781. The van der Waals surface area contributed by atoms with Crippen LogP contribution in [0.3, 0.4) is 0 Å². The third-order valence-corrected chi connectivity index (χ3v) is 0.408. The molecule has 0 amide bonds. The van der Waals surface area contributed by atoms with E-state index in [9.17, 15) is 0 Å². The average molecular weight is 86.1 g/mol. The molecule has 1 nitrogen and oxygen atoms in total. The normalized spacial score (nSPS) is 7.00. The molecule has 0 aromatic carbocycles. The molecule has 0 unspecified atom stereocenters. The quantitative estimate of drug-likeness (QED) is 0.489. The van der Waals surface area contributed by atoms with Gasteiger partial charge in [-0.3, -0.25) is 0 Å². The minimum atomic E-state index is 0. The van der Waals surface area contributed by atoms with Crippen molar-refractivity contribution in [3.8, 4) is 0 Å². The van der Waals surface area contributed by atoms with Crippen molar-refractivity contribution < 1.29 is 4.74 Å². The van der Waals surface area contributed by atoms with E-state index in [4.69, 9.17) is 4.74 Å². The molecule has 0 spiro atoms. The molecule has 0 atom stereocenters. The molecule has 0 aromatic heterocycles. The van der Waals surface area contributed by atoms with Crippen molar-refractivity contribution in [2.75, 3.05) is 13.2 Å². The molecule has 0 saturated heterocycles. The smallest absolute Gasteiger partial charge is 0.0437 e. The summed E-state index contributed by atoms with van der Waals surface area (Å²) in [7, 11) is 0. The van der Waals surface area contributed by atoms with Gasteiger partial charge >= 0.3 is 0 Å². The minimum Gasteiger partial charge on any atom is -0.382 e. The largest absolute Gasteiger partial charge is 0.382 e. The van der Waals surface area contributed by atoms with Gasteiger partial charge < -0.3 is 4.74 Å². The van der Waals surface area contributed by atoms with Gasteiger partial charge in [0.25, 0.3) is 0 Å². The number of rotatable bonds is 2. The Morgan fingerprint density at radius 2 is 1.50 bits per heavy atom. The van der Waals surface area contributed by atoms with Gasteiger partial charge in [-0.2, -0.15) is 0 Å². The van der Waals surface area contributed by atoms with Crippen LogP contribution in [0.4, 0.5) is 0 Å². The van der Waals surface area contributed by atoms with Crippen molar-refractivity contribution in [1.29, 1.82) is 0 Å². The van der Waals surface area contributed by atoms with E-state index in [0.717, 1.165) is 13.2 Å². The van der Waals surface area contributed by atoms with Gasteiger partial charge in [0.2, 0.25) is 0 Å². The number of hydrogen-bond acceptors (Lipinski definition) is 1. The monoisotopic (exact) mass is 86.1 g/mol. The standard InChI is InChI=1S/C4H10O.C/c1-3-5-4-2;/h3-4H2,1-2H3;. The summed E-state index contributed by atoms with van der Waals surface area (Å²) in [6.45, 7) is 5.67. The highest BCUT2D eigenvalue weighted by atomic mass is 16.5. The summed E-state index contributed by atoms with van der Waals surface area (Å²) < 4.78 is 4.83. The van der Waals surface area contributed by atoms with Crippen LogP contribution in [0.5, 0.6) is 0 Å². The molecule has 0 rings (SSSR count). The fourth-order valence-electron chi connectivity index (χ4n) is 0.204. The Hall–Kier alpha value is -0.0400. The van der Waals surface area contributed by atoms with E-state index in [2.05, 4.69) is 0 Å². The first-order valence-corrected chi connectivity index (χ1v) is 1.99. The summed E-state index contributed by atoms with van der Waals surface area (Å²) in [6, 6.07) is 0. The maximum Gasteiger partial charge on any atom is 0.0437 e. The Balaban J connectivity index is 0. The lowest BCUT2D eigenvalue weighted by Gasteiger charge is -1.86. The Bertz CT molecular complexity index is 11.4. The molecule has 6 heavy (non-hydrogen) atoms. The summed E-state index contributed by atoms with van der Waals surface area (Å²) in [5.74, 6) is 0. The average Bonchev–Trinajstić information content (AvgIpc) is 1.41. The summed E-state index contributed by atoms with van der Waals surface area (Å²) in [6.07, 6.45) is 0. The van der Waals surface area contributed by atoms with Crippen molar-refractivity contribution >= 4 is 0 Å². The molecule has 36 valence electrons. The zero-order chi connectivity index (χ0) is 4.12. The fraction of sp³-hybridized carbons (Fsp3) is 0.800. The first-order valence-electron chi connectivity index (χ1n) is 1.99. The minimum absolute atomic E-state index is 0. The van der Waals surface area contributed by atoms with Crippen LogP contribution in [-0.2, 0) is 4.74 Å². The van der Waals surface area contributed by atoms with Gasteiger partial charge in [-0.1, -0.05) is 0 Å². The first-order chi connectivity index (χ1) is 2.41. The highest BCUT2D eigenvalue weighted by Gasteiger charge is 1.64. The molecule has 0 fully saturated rings. The molecule has 0 bridgehead atoms. The number of ether oxygens (including phenoxy) is 1. The van der Waals surface area contributed by atoms with E-state index in [1.807, 2.05) is 13.8 Å². The SMILES string of the molecule is CCOCC.[C]. The van der Waals surface area contributed by atoms with Crippen molar-refractivity contribution in [2.45, 2.75) is 13.8 Å². The zero-order valence-corrected chi connectivity index (χ0v) is 4.32. The third-order valence-electron chi connectivity index (χ3n) is 0.408. The molecule has 4 radical (unpaired) electrons. The molecule has 0 heterocycles. The first kappa shape index (κ1) is 9.35. The van der Waals surface area contributed by atoms with E-state index in [-0.39, 0.29) is 7.43 Å². The van der Waals surface area contributed by atoms with Crippen LogP contribution in [0.2, 0.25) is 0 Å². The van der Waals surface area contributed by atoms with Crippen LogP contribution < -0.4 is 0 Å². The van der Waals surface area contributed by atoms with Gasteiger partial charge in [-0.15, -0.1) is 0 Å². The van der Waals surface area contributed by atoms with E-state index in [0.29, 0.717) is 0 Å². The Labute approximate surface area is 40.3 Å². The molecule has 0 aliphatic carbocycles. The molecule has 0 aromatic rings. The lowest BCUT2D eigenvalue weighted by atomic mass is 10.8. The lowest BCUT2D eigenvalue weighted by molar-refractivity contribution is 0.162. The van der Waals surface area contributed by atoms with Crippen molar-refractivity contribution in [3.63, 3.8) is 0 Å². The maximum atomic E-state index is 4.83. The number of hydrogen-bond donors (Lipinski definition) is 0. The fourth-order valence-corrected chi connectivity index (χ4v) is 0.204. The van der Waals surface area contributed by atoms with Gasteiger partial charge in [-0.05, 0) is 13.8 Å². The summed E-state index contributed by atoms with van der Waals surface area (Å²) in [5.41, 5.74) is 0. The molecule has 0 saturated carbocycles. The topological polar surface area (TPSA) is 9.23 Å². The highest BCUT2D eigenvalue weighted by molar-refractivity contribution is 4.07. The predicted molar refractivity (Wildman–Crippen MR) is 25.4 cm³/mol. The van der Waals surface area contributed by atoms with Gasteiger partial charge in [0.05, 0.1) is 0 Å². The lowest BCUT2D eigenvalue weighted by Crippen LogP contribution is -1.84. The van der Waals surface area contributed by atoms with Crippen LogP contribution >= 0.6 is 0 Å². The van der Waals surface area contributed by atoms with Gasteiger partial charge in [0, 0.05) is 20.6 Å². The van der Waals surface area contributed by atoms with E-state index in [1.54, 1.807) is 0 Å². The van der Waals surface area contributed by atoms with Gasteiger partial charge in [0.15, 0.2) is 0 Å². The Morgan fingerprint density at radius 1 is 1.17 bits per heavy atom. The van der Waals surface area contributed by atoms with Crippen molar-refractivity contribution in [3.05, 3.63) is 7.43 Å². The zero-order valence-electron chi connectivity index (χ0n) is 4.32. The van der Waals surface area contributed by atoms with Gasteiger partial charge in [-0.25, -0.2) is 0 Å². The molecule has 0 aliphatic heterocycles. The molecule has 1 heteroatoms. The van der Waals surface area contributed by atoms with E-state index < -0.39 is 0 Å². The van der Waals surface area contributed by atoms with Gasteiger partial charge in [0.1, 0.15) is 0 Å². The molecular weight excluding hydrogens is 76.1 g/mol. The Kier molecular flexibility index (Phi) is 13.8. The molecule has 0 N–H and O–H groups in total. The summed E-state index contributed by atoms with van der Waals surface area (Å²) in [5, 5.41) is 0. The highest BCUT2D eigenvalue weighted by Crippen LogP contribution is 1.64. The molecular formula is C5H10O. The van der Waals surface area contributed by atoms with Crippen LogP contribution in [-0.4, -0.2) is 13.2 Å². The predicted octanol–water partition coefficient (Wildman–Crippen LogP) is 1.12. The van der Waals surface area contributed by atoms with E-state index in [1.165, 1.54) is 0 Å². The van der Waals surface area contributed by atoms with Crippen LogP contribution in [0.25, 0.3) is 0 Å². The third kappa shape index (κ3) is 9.03. The van der Waals surface area contributed by atoms with Crippen molar-refractivity contribution in [2.24, 2.45) is 0 Å². The van der Waals surface area contributed by atoms with Crippen LogP contribution in [0.15, 0.2) is 0 Å². The molecule has 0 aliphatic rings. The second-order valence-electron chi connectivity index (χ2n) is 0.781. The van der Waals surface area contributed by atoms with Crippen LogP contribution in [0, 0.1) is 7.43 Å². The Morgan fingerprint density at radius 3 is 1.50 bits per heavy atom. The summed E-state index contributed by atoms with van der Waals surface area (Å²) in [4.78, 5) is 0. The summed E-state index contributed by atoms with van der Waals surface area (Å²) >= 11 is 0. The maximum absolute atomic E-state index is 4.83. The second kappa shape index (κ2) is 8.88. The van der Waals surface area contributed by atoms with Crippen LogP contribution in [0.1, 0.15) is 13.8 Å².